The Kier molecular flexibility index (Phi) is 4.42. The Balaban J connectivity index is 1.37. The third kappa shape index (κ3) is 3.60. The zero-order valence-corrected chi connectivity index (χ0v) is 18.0. The summed E-state index contributed by atoms with van der Waals surface area (Å²) in [6.07, 6.45) is 2.49. The van der Waals surface area contributed by atoms with Crippen LogP contribution in [0.4, 0.5) is 15.1 Å². The van der Waals surface area contributed by atoms with E-state index in [2.05, 4.69) is 9.88 Å². The molecule has 8 heteroatoms. The number of benzene rings is 1. The predicted octanol–water partition coefficient (Wildman–Crippen LogP) is 4.21. The van der Waals surface area contributed by atoms with Gasteiger partial charge in [-0.2, -0.15) is 4.98 Å². The lowest BCUT2D eigenvalue weighted by Crippen LogP contribution is -2.60. The van der Waals surface area contributed by atoms with Crippen LogP contribution in [-0.4, -0.2) is 57.7 Å². The highest BCUT2D eigenvalue weighted by molar-refractivity contribution is 5.91. The third-order valence-corrected chi connectivity index (χ3v) is 5.96. The van der Waals surface area contributed by atoms with E-state index < -0.39 is 5.60 Å². The molecule has 0 radical (unpaired) electrons. The number of nitrogens with one attached hydrogen (secondary N) is 1. The normalized spacial score (nSPS) is 17.9. The highest BCUT2D eigenvalue weighted by Gasteiger charge is 2.50. The molecule has 2 aromatic heterocycles. The Morgan fingerprint density at radius 3 is 2.68 bits per heavy atom. The van der Waals surface area contributed by atoms with E-state index in [9.17, 15) is 9.18 Å². The van der Waals surface area contributed by atoms with Gasteiger partial charge in [-0.25, -0.2) is 14.2 Å². The lowest BCUT2D eigenvalue weighted by Gasteiger charge is -2.47. The van der Waals surface area contributed by atoms with Gasteiger partial charge >= 0.3 is 6.09 Å². The molecule has 0 saturated carbocycles. The van der Waals surface area contributed by atoms with Crippen molar-refractivity contribution in [3.8, 4) is 11.3 Å². The monoisotopic (exact) mass is 423 g/mol. The summed E-state index contributed by atoms with van der Waals surface area (Å²) >= 11 is 0. The number of fused-ring (bicyclic) bond motifs is 1. The van der Waals surface area contributed by atoms with Gasteiger partial charge in [0.05, 0.1) is 5.69 Å². The lowest BCUT2D eigenvalue weighted by atomic mass is 9.79. The van der Waals surface area contributed by atoms with Gasteiger partial charge in [0.1, 0.15) is 17.1 Å². The molecule has 31 heavy (non-hydrogen) atoms. The summed E-state index contributed by atoms with van der Waals surface area (Å²) in [5.41, 5.74) is 1.27. The van der Waals surface area contributed by atoms with Crippen molar-refractivity contribution in [2.75, 3.05) is 31.1 Å². The van der Waals surface area contributed by atoms with E-state index in [1.165, 1.54) is 6.07 Å². The van der Waals surface area contributed by atoms with Gasteiger partial charge in [-0.05, 0) is 45.4 Å². The first-order chi connectivity index (χ1) is 14.7. The molecule has 2 fully saturated rings. The summed E-state index contributed by atoms with van der Waals surface area (Å²) in [5.74, 6) is 0.278. The van der Waals surface area contributed by atoms with Gasteiger partial charge in [0.2, 0.25) is 5.95 Å². The molecule has 2 saturated heterocycles. The van der Waals surface area contributed by atoms with Crippen molar-refractivity contribution in [1.29, 1.82) is 0 Å². The number of halogens is 1. The number of rotatable bonds is 2. The van der Waals surface area contributed by atoms with Crippen LogP contribution in [-0.2, 0) is 4.74 Å². The molecule has 5 rings (SSSR count). The zero-order valence-electron chi connectivity index (χ0n) is 18.0. The van der Waals surface area contributed by atoms with Crippen molar-refractivity contribution in [1.82, 2.24) is 19.9 Å². The number of anilines is 1. The first kappa shape index (κ1) is 19.8. The maximum Gasteiger partial charge on any atom is 0.410 e. The molecule has 1 amide bonds. The highest BCUT2D eigenvalue weighted by Crippen LogP contribution is 2.41. The van der Waals surface area contributed by atoms with Crippen molar-refractivity contribution in [3.05, 3.63) is 42.3 Å². The van der Waals surface area contributed by atoms with Gasteiger partial charge in [0.15, 0.2) is 0 Å². The van der Waals surface area contributed by atoms with E-state index in [4.69, 9.17) is 14.7 Å². The molecule has 4 heterocycles. The molecular formula is C23H26FN5O2. The van der Waals surface area contributed by atoms with Crippen LogP contribution in [0.25, 0.3) is 22.3 Å². The van der Waals surface area contributed by atoms with E-state index in [0.29, 0.717) is 35.9 Å². The maximum atomic E-state index is 14.5. The number of hydrogen-bond acceptors (Lipinski definition) is 5. The second-order valence-corrected chi connectivity index (χ2v) is 9.60. The highest BCUT2D eigenvalue weighted by atomic mass is 19.1. The summed E-state index contributed by atoms with van der Waals surface area (Å²) in [6, 6.07) is 8.54. The topological polar surface area (TPSA) is 74.3 Å². The summed E-state index contributed by atoms with van der Waals surface area (Å²) < 4.78 is 20.0. The van der Waals surface area contributed by atoms with Crippen molar-refractivity contribution < 1.29 is 13.9 Å². The number of amides is 1. The molecule has 1 aromatic carbocycles. The molecule has 0 bridgehead atoms. The van der Waals surface area contributed by atoms with Crippen LogP contribution in [0.3, 0.4) is 0 Å². The van der Waals surface area contributed by atoms with Crippen LogP contribution in [0.1, 0.15) is 27.2 Å². The van der Waals surface area contributed by atoms with Crippen molar-refractivity contribution in [3.63, 3.8) is 0 Å². The second kappa shape index (κ2) is 6.93. The summed E-state index contributed by atoms with van der Waals surface area (Å²) in [7, 11) is 0. The summed E-state index contributed by atoms with van der Waals surface area (Å²) in [5, 5.41) is 0.794. The number of likely N-dealkylation sites (tertiary alicyclic amines) is 1. The minimum atomic E-state index is -0.496. The largest absolute Gasteiger partial charge is 0.444 e. The van der Waals surface area contributed by atoms with Gasteiger partial charge in [0.25, 0.3) is 0 Å². The minimum absolute atomic E-state index is 0.0309. The fraction of sp³-hybridized carbons (Fsp3) is 0.435. The first-order valence-electron chi connectivity index (χ1n) is 10.6. The van der Waals surface area contributed by atoms with Crippen LogP contribution in [0.5, 0.6) is 0 Å². The molecule has 7 nitrogen and oxygen atoms in total. The first-order valence-corrected chi connectivity index (χ1v) is 10.6. The van der Waals surface area contributed by atoms with Crippen molar-refractivity contribution >= 4 is 23.1 Å². The van der Waals surface area contributed by atoms with E-state index in [1.54, 1.807) is 23.2 Å². The number of aromatic nitrogens is 3. The Labute approximate surface area is 180 Å². The van der Waals surface area contributed by atoms with E-state index in [0.717, 1.165) is 24.9 Å². The molecule has 1 spiro atoms. The second-order valence-electron chi connectivity index (χ2n) is 9.60. The molecule has 0 atom stereocenters. The van der Waals surface area contributed by atoms with Crippen LogP contribution in [0, 0.1) is 11.2 Å². The third-order valence-electron chi connectivity index (χ3n) is 5.96. The van der Waals surface area contributed by atoms with Crippen LogP contribution >= 0.6 is 0 Å². The summed E-state index contributed by atoms with van der Waals surface area (Å²) in [4.78, 5) is 28.8. The Morgan fingerprint density at radius 1 is 1.16 bits per heavy atom. The smallest absolute Gasteiger partial charge is 0.410 e. The lowest BCUT2D eigenvalue weighted by molar-refractivity contribution is -0.0266. The van der Waals surface area contributed by atoms with Crippen molar-refractivity contribution in [2.24, 2.45) is 5.41 Å². The number of aromatic amines is 1. The number of nitrogens with zero attached hydrogens (tertiary/aromatic N) is 4. The maximum absolute atomic E-state index is 14.5. The number of ether oxygens (including phenoxy) is 1. The molecule has 2 aliphatic rings. The van der Waals surface area contributed by atoms with Gasteiger partial charge in [-0.3, -0.25) is 0 Å². The SMILES string of the molecule is CC(C)(C)OC(=O)N1CC2(CCN(c3nc(-c4ccccc4F)c4cc[nH]c4n3)C2)C1. The molecular weight excluding hydrogens is 397 g/mol. The van der Waals surface area contributed by atoms with Crippen LogP contribution in [0.2, 0.25) is 0 Å². The van der Waals surface area contributed by atoms with Gasteiger partial charge in [-0.15, -0.1) is 0 Å². The molecule has 162 valence electrons. The van der Waals surface area contributed by atoms with Crippen LogP contribution in [0.15, 0.2) is 36.5 Å². The Bertz CT molecular complexity index is 1150. The van der Waals surface area contributed by atoms with Gasteiger partial charge in [-0.1, -0.05) is 12.1 Å². The minimum Gasteiger partial charge on any atom is -0.444 e. The number of carbonyl (C=O) groups is 1. The fourth-order valence-corrected chi connectivity index (χ4v) is 4.51. The summed E-state index contributed by atoms with van der Waals surface area (Å²) in [6.45, 7) is 8.52. The molecule has 2 aliphatic heterocycles. The molecule has 0 aliphatic carbocycles. The zero-order chi connectivity index (χ0) is 21.8. The van der Waals surface area contributed by atoms with Gasteiger partial charge in [0, 0.05) is 48.7 Å². The molecule has 0 unspecified atom stereocenters. The van der Waals surface area contributed by atoms with E-state index >= 15 is 0 Å². The number of H-pyrrole nitrogens is 1. The quantitative estimate of drug-likeness (QED) is 0.668. The Morgan fingerprint density at radius 2 is 1.94 bits per heavy atom. The van der Waals surface area contributed by atoms with E-state index in [1.807, 2.05) is 32.9 Å². The van der Waals surface area contributed by atoms with Crippen LogP contribution < -0.4 is 4.90 Å². The molecule has 1 N–H and O–H groups in total. The van der Waals surface area contributed by atoms with E-state index in [-0.39, 0.29) is 17.3 Å². The predicted molar refractivity (Wildman–Crippen MR) is 116 cm³/mol. The Hall–Kier alpha value is -3.16. The average Bonchev–Trinajstić information content (AvgIpc) is 3.32. The average molecular weight is 423 g/mol. The van der Waals surface area contributed by atoms with Gasteiger partial charge < -0.3 is 19.5 Å². The van der Waals surface area contributed by atoms with Crippen molar-refractivity contribution in [2.45, 2.75) is 32.8 Å². The molecule has 3 aromatic rings. The number of hydrogen-bond donors (Lipinski definition) is 1. The standard InChI is InChI=1S/C23H26FN5O2/c1-22(2,3)31-21(30)29-13-23(14-29)9-11-28(12-23)20-26-18(15-6-4-5-7-17(15)24)16-8-10-25-19(16)27-20/h4-8,10H,9,11-14H2,1-3H3,(H,25,26,27). The number of carbonyl (C=O) groups excluding carboxylic acids is 1. The fourth-order valence-electron chi connectivity index (χ4n) is 4.51.